The second-order valence-electron chi connectivity index (χ2n) is 11.9. The van der Waals surface area contributed by atoms with E-state index in [0.717, 1.165) is 11.4 Å². The van der Waals surface area contributed by atoms with Crippen molar-refractivity contribution >= 4 is 17.2 Å². The number of rotatable bonds is 16. The number of ether oxygens (including phenoxy) is 2. The number of hydrogen-bond donors (Lipinski definition) is 2. The fourth-order valence-corrected chi connectivity index (χ4v) is 5.95. The predicted octanol–water partition coefficient (Wildman–Crippen LogP) is 7.62. The van der Waals surface area contributed by atoms with E-state index < -0.39 is 23.5 Å². The molecule has 6 rings (SSSR count). The Kier molecular flexibility index (Phi) is 11.8. The van der Waals surface area contributed by atoms with Gasteiger partial charge in [0, 0.05) is 48.0 Å². The summed E-state index contributed by atoms with van der Waals surface area (Å²) in [5.74, 6) is -1.70. The van der Waals surface area contributed by atoms with Gasteiger partial charge in [0.15, 0.2) is 5.78 Å². The van der Waals surface area contributed by atoms with Gasteiger partial charge in [0.2, 0.25) is 11.8 Å². The molecule has 264 valence electrons. The van der Waals surface area contributed by atoms with Crippen molar-refractivity contribution in [2.75, 3.05) is 36.2 Å². The van der Waals surface area contributed by atoms with Crippen LogP contribution < -0.4 is 30.7 Å². The van der Waals surface area contributed by atoms with Crippen LogP contribution in [0.25, 0.3) is 0 Å². The highest BCUT2D eigenvalue weighted by Gasteiger charge is 2.36. The summed E-state index contributed by atoms with van der Waals surface area (Å²) in [5.41, 5.74) is 15.3. The van der Waals surface area contributed by atoms with E-state index in [1.807, 2.05) is 70.5 Å². The number of Topliss-reactive ketones (excluding diaryl/α,β-unsaturated/α-hetero) is 1. The Bertz CT molecular complexity index is 1890. The number of carbonyl (C=O) groups excluding carboxylic acids is 1. The zero-order valence-corrected chi connectivity index (χ0v) is 28.3. The Morgan fingerprint density at radius 1 is 0.558 bits per heavy atom. The van der Waals surface area contributed by atoms with Crippen LogP contribution >= 0.6 is 0 Å². The second-order valence-corrected chi connectivity index (χ2v) is 11.9. The molecule has 0 fully saturated rings. The number of pyridine rings is 2. The molecule has 0 saturated heterocycles. The Hall–Kier alpha value is -6.17. The number of nitrogens with two attached hydrogens (primary N) is 2. The maximum atomic E-state index is 15.5. The maximum absolute atomic E-state index is 15.5. The van der Waals surface area contributed by atoms with E-state index in [-0.39, 0.29) is 44.0 Å². The molecule has 2 unspecified atom stereocenters. The zero-order valence-electron chi connectivity index (χ0n) is 28.3. The van der Waals surface area contributed by atoms with Crippen molar-refractivity contribution in [2.45, 2.75) is 11.8 Å². The number of anilines is 2. The van der Waals surface area contributed by atoms with Gasteiger partial charge in [-0.3, -0.25) is 4.79 Å². The Morgan fingerprint density at radius 2 is 0.942 bits per heavy atom. The normalized spacial score (nSPS) is 12.1. The topological polar surface area (TPSA) is 120 Å². The summed E-state index contributed by atoms with van der Waals surface area (Å²) in [6.07, 6.45) is 3.14. The van der Waals surface area contributed by atoms with Crippen molar-refractivity contribution in [1.82, 2.24) is 9.97 Å². The third kappa shape index (κ3) is 8.76. The van der Waals surface area contributed by atoms with Gasteiger partial charge >= 0.3 is 0 Å². The molecule has 9 nitrogen and oxygen atoms in total. The number of ketones is 1. The highest BCUT2D eigenvalue weighted by Crippen LogP contribution is 2.38. The van der Waals surface area contributed by atoms with Crippen LogP contribution in [0.15, 0.2) is 146 Å². The molecule has 2 aromatic heterocycles. The minimum atomic E-state index is -0.868. The Balaban J connectivity index is 1.48. The molecular formula is C41H38F2N6O3. The van der Waals surface area contributed by atoms with Gasteiger partial charge in [0.25, 0.3) is 0 Å². The van der Waals surface area contributed by atoms with Gasteiger partial charge in [0.05, 0.1) is 25.2 Å². The number of carbonyl (C=O) groups is 1. The van der Waals surface area contributed by atoms with E-state index >= 15 is 4.79 Å². The van der Waals surface area contributed by atoms with E-state index in [2.05, 4.69) is 9.97 Å². The van der Waals surface area contributed by atoms with Crippen LogP contribution in [0.3, 0.4) is 0 Å². The van der Waals surface area contributed by atoms with E-state index in [0.29, 0.717) is 22.6 Å². The fourth-order valence-electron chi connectivity index (χ4n) is 5.95. The lowest BCUT2D eigenvalue weighted by atomic mass is 9.83. The van der Waals surface area contributed by atoms with Gasteiger partial charge in [-0.25, -0.2) is 18.7 Å². The van der Waals surface area contributed by atoms with Crippen molar-refractivity contribution in [3.05, 3.63) is 169 Å². The number of halogens is 2. The fraction of sp³-hybridized carbons (Fsp3) is 0.146. The Morgan fingerprint density at radius 3 is 1.31 bits per heavy atom. The highest BCUT2D eigenvalue weighted by atomic mass is 19.1. The minimum absolute atomic E-state index is 0.109. The largest absolute Gasteiger partial charge is 0.439 e. The second kappa shape index (κ2) is 17.2. The lowest BCUT2D eigenvalue weighted by Crippen LogP contribution is -2.41. The molecule has 52 heavy (non-hydrogen) atoms. The van der Waals surface area contributed by atoms with Crippen molar-refractivity contribution in [2.24, 2.45) is 11.5 Å². The molecule has 0 bridgehead atoms. The van der Waals surface area contributed by atoms with Crippen molar-refractivity contribution in [1.29, 1.82) is 0 Å². The summed E-state index contributed by atoms with van der Waals surface area (Å²) in [6, 6.07) is 37.3. The molecule has 0 amide bonds. The monoisotopic (exact) mass is 700 g/mol. The van der Waals surface area contributed by atoms with Crippen LogP contribution in [0.5, 0.6) is 23.3 Å². The molecular weight excluding hydrogens is 662 g/mol. The molecule has 0 aliphatic heterocycles. The van der Waals surface area contributed by atoms with Gasteiger partial charge < -0.3 is 30.7 Å². The molecule has 2 heterocycles. The van der Waals surface area contributed by atoms with Crippen LogP contribution in [0.1, 0.15) is 23.0 Å². The first kappa shape index (κ1) is 35.6. The maximum Gasteiger partial charge on any atom is 0.223 e. The summed E-state index contributed by atoms with van der Waals surface area (Å²) in [6.45, 7) is 0.530. The third-order valence-corrected chi connectivity index (χ3v) is 8.58. The smallest absolute Gasteiger partial charge is 0.223 e. The summed E-state index contributed by atoms with van der Waals surface area (Å²) in [5, 5.41) is 0. The van der Waals surface area contributed by atoms with Gasteiger partial charge in [-0.1, -0.05) is 48.5 Å². The quantitative estimate of drug-likeness (QED) is 0.0983. The lowest BCUT2D eigenvalue weighted by Gasteiger charge is -2.33. The first-order chi connectivity index (χ1) is 25.4. The average Bonchev–Trinajstić information content (AvgIpc) is 3.19. The molecule has 0 aliphatic carbocycles. The molecule has 4 N–H and O–H groups in total. The number of benzene rings is 4. The van der Waals surface area contributed by atoms with E-state index in [9.17, 15) is 8.78 Å². The third-order valence-electron chi connectivity index (χ3n) is 8.58. The predicted molar refractivity (Wildman–Crippen MR) is 198 cm³/mol. The van der Waals surface area contributed by atoms with Crippen molar-refractivity contribution in [3.8, 4) is 23.3 Å². The highest BCUT2D eigenvalue weighted by molar-refractivity contribution is 5.94. The van der Waals surface area contributed by atoms with Crippen LogP contribution in [-0.4, -0.2) is 42.2 Å². The molecule has 4 aromatic carbocycles. The van der Waals surface area contributed by atoms with Crippen molar-refractivity contribution < 1.29 is 23.0 Å². The molecule has 0 spiro atoms. The van der Waals surface area contributed by atoms with E-state index in [4.69, 9.17) is 20.9 Å². The summed E-state index contributed by atoms with van der Waals surface area (Å²) in [4.78, 5) is 28.4. The molecule has 0 aliphatic rings. The van der Waals surface area contributed by atoms with Crippen LogP contribution in [-0.2, 0) is 4.79 Å². The van der Waals surface area contributed by atoms with Gasteiger partial charge in [-0.15, -0.1) is 0 Å². The van der Waals surface area contributed by atoms with Crippen LogP contribution in [0, 0.1) is 11.6 Å². The molecule has 2 atom stereocenters. The molecule has 11 heteroatoms. The first-order valence-electron chi connectivity index (χ1n) is 16.7. The van der Waals surface area contributed by atoms with Crippen LogP contribution in [0.4, 0.5) is 20.2 Å². The van der Waals surface area contributed by atoms with Crippen LogP contribution in [0.2, 0.25) is 0 Å². The van der Waals surface area contributed by atoms with Gasteiger partial charge in [-0.2, -0.15) is 0 Å². The van der Waals surface area contributed by atoms with Crippen molar-refractivity contribution in [3.63, 3.8) is 0 Å². The van der Waals surface area contributed by atoms with E-state index in [1.165, 1.54) is 48.5 Å². The average molecular weight is 701 g/mol. The lowest BCUT2D eigenvalue weighted by molar-refractivity contribution is -0.121. The molecule has 0 saturated carbocycles. The summed E-state index contributed by atoms with van der Waals surface area (Å²) < 4.78 is 40.0. The number of para-hydroxylation sites is 2. The molecule has 0 radical (unpaired) electrons. The van der Waals surface area contributed by atoms with E-state index in [1.54, 1.807) is 36.7 Å². The van der Waals surface area contributed by atoms with Gasteiger partial charge in [-0.05, 0) is 84.9 Å². The first-order valence-corrected chi connectivity index (χ1v) is 16.7. The zero-order chi connectivity index (χ0) is 36.3. The summed E-state index contributed by atoms with van der Waals surface area (Å²) in [7, 11) is 0. The summed E-state index contributed by atoms with van der Waals surface area (Å²) >= 11 is 0. The molecule has 6 aromatic rings. The number of aromatic nitrogens is 2. The minimum Gasteiger partial charge on any atom is -0.439 e. The SMILES string of the molecule is NCN(CC(C(=O)C(CN(CN)c1ccccc1)c1cccnc1Oc1ccc(F)cc1)c1cccnc1Oc1ccc(F)cc1)c1ccccc1. The van der Waals surface area contributed by atoms with Gasteiger partial charge in [0.1, 0.15) is 23.1 Å². The number of nitrogens with zero attached hydrogens (tertiary/aromatic N) is 4. The standard InChI is InChI=1S/C41H38F2N6O3/c42-29-15-19-33(20-16-29)51-40-35(13-7-23-46-40)37(25-48(27-44)31-9-3-1-4-10-31)39(50)38(26-49(28-45)32-11-5-2-6-12-32)36-14-8-24-47-41(36)52-34-21-17-30(43)18-22-34/h1-24,37-38H,25-28,44-45H2. The number of hydrogen-bond acceptors (Lipinski definition) is 9. The Labute approximate surface area is 301 Å².